The fraction of sp³-hybridized carbons (Fsp3) is 0.346. The van der Waals surface area contributed by atoms with Crippen molar-refractivity contribution in [1.29, 1.82) is 5.26 Å². The van der Waals surface area contributed by atoms with Gasteiger partial charge in [0.2, 0.25) is 5.75 Å². The largest absolute Gasteiger partial charge is 0.493 e. The van der Waals surface area contributed by atoms with Crippen molar-refractivity contribution in [1.82, 2.24) is 19.5 Å². The Labute approximate surface area is 227 Å². The molecular weight excluding hydrogens is 526 g/mol. The van der Waals surface area contributed by atoms with E-state index in [-0.39, 0.29) is 16.8 Å². The molecule has 0 bridgehead atoms. The summed E-state index contributed by atoms with van der Waals surface area (Å²) < 4.78 is 17.8. The molecule has 4 aromatic rings. The van der Waals surface area contributed by atoms with Crippen LogP contribution in [-0.4, -0.2) is 46.6 Å². The number of thioether (sulfide) groups is 1. The van der Waals surface area contributed by atoms with Crippen LogP contribution in [0.3, 0.4) is 0 Å². The number of fused-ring (bicyclic) bond motifs is 1. The maximum atomic E-state index is 12.9. The van der Waals surface area contributed by atoms with Crippen LogP contribution in [0.4, 0.5) is 0 Å². The summed E-state index contributed by atoms with van der Waals surface area (Å²) in [5.41, 5.74) is -0.0155. The van der Waals surface area contributed by atoms with Crippen molar-refractivity contribution in [3.63, 3.8) is 0 Å². The topological polar surface area (TPSA) is 132 Å². The molecule has 0 fully saturated rings. The van der Waals surface area contributed by atoms with Crippen LogP contribution in [0.15, 0.2) is 39.3 Å². The smallest absolute Gasteiger partial charge is 0.270 e. The summed E-state index contributed by atoms with van der Waals surface area (Å²) in [6, 6.07) is 7.17. The number of hydrogen-bond donors (Lipinski definition) is 1. The van der Waals surface area contributed by atoms with E-state index in [0.717, 1.165) is 17.7 Å². The van der Waals surface area contributed by atoms with E-state index in [4.69, 9.17) is 14.2 Å². The minimum Gasteiger partial charge on any atom is -0.493 e. The lowest BCUT2D eigenvalue weighted by molar-refractivity contribution is 0.324. The number of nitrogens with one attached hydrogen (secondary N) is 1. The summed E-state index contributed by atoms with van der Waals surface area (Å²) in [6.07, 6.45) is 4.19. The lowest BCUT2D eigenvalue weighted by Crippen LogP contribution is -2.20. The molecule has 0 atom stereocenters. The number of hydrogen-bond acceptors (Lipinski definition) is 10. The number of H-pyrrole nitrogens is 1. The highest BCUT2D eigenvalue weighted by Crippen LogP contribution is 2.41. The predicted molar refractivity (Wildman–Crippen MR) is 148 cm³/mol. The Morgan fingerprint density at radius 1 is 1.13 bits per heavy atom. The van der Waals surface area contributed by atoms with E-state index in [1.54, 1.807) is 34.4 Å². The Morgan fingerprint density at radius 3 is 2.50 bits per heavy atom. The van der Waals surface area contributed by atoms with Gasteiger partial charge in [-0.1, -0.05) is 25.1 Å². The van der Waals surface area contributed by atoms with Gasteiger partial charge in [0.05, 0.1) is 38.7 Å². The van der Waals surface area contributed by atoms with Crippen LogP contribution in [0, 0.1) is 11.3 Å². The molecule has 198 valence electrons. The van der Waals surface area contributed by atoms with Gasteiger partial charge < -0.3 is 19.2 Å². The molecule has 0 amide bonds. The summed E-state index contributed by atoms with van der Waals surface area (Å²) in [7, 11) is 4.47. The third-order valence-electron chi connectivity index (χ3n) is 5.80. The van der Waals surface area contributed by atoms with Crippen molar-refractivity contribution in [2.24, 2.45) is 0 Å². The maximum Gasteiger partial charge on any atom is 0.270 e. The van der Waals surface area contributed by atoms with Crippen molar-refractivity contribution >= 4 is 33.3 Å². The third-order valence-corrected chi connectivity index (χ3v) is 7.86. The summed E-state index contributed by atoms with van der Waals surface area (Å²) in [5.74, 6) is 1.73. The number of methoxy groups -OCH3 is 3. The van der Waals surface area contributed by atoms with Gasteiger partial charge in [0.1, 0.15) is 16.5 Å². The molecule has 3 aromatic heterocycles. The number of nitriles is 1. The highest BCUT2D eigenvalue weighted by atomic mass is 32.2. The Morgan fingerprint density at radius 2 is 1.87 bits per heavy atom. The standard InChI is InChI=1S/C26H27N5O5S2/c1-5-7-16-12-17-24(38-16)28-14-31(25(17)33)8-6-9-37-26-29-21(18(13-27)23(32)30-26)15-10-19(34-2)22(36-4)20(11-15)35-3/h10-12,14H,5-9H2,1-4H3,(H,29,30,32). The van der Waals surface area contributed by atoms with Crippen LogP contribution in [0.1, 0.15) is 30.2 Å². The first-order chi connectivity index (χ1) is 18.4. The predicted octanol–water partition coefficient (Wildman–Crippen LogP) is 4.24. The van der Waals surface area contributed by atoms with E-state index < -0.39 is 5.56 Å². The number of benzene rings is 1. The van der Waals surface area contributed by atoms with Gasteiger partial charge in [-0.15, -0.1) is 11.3 Å². The van der Waals surface area contributed by atoms with E-state index in [0.29, 0.717) is 52.1 Å². The summed E-state index contributed by atoms with van der Waals surface area (Å²) in [4.78, 5) is 39.2. The molecule has 1 N–H and O–H groups in total. The van der Waals surface area contributed by atoms with Gasteiger partial charge in [-0.3, -0.25) is 14.2 Å². The molecule has 0 aliphatic heterocycles. The molecule has 3 heterocycles. The number of aryl methyl sites for hydroxylation is 2. The molecule has 0 saturated heterocycles. The zero-order chi connectivity index (χ0) is 27.2. The van der Waals surface area contributed by atoms with Crippen LogP contribution < -0.4 is 25.3 Å². The van der Waals surface area contributed by atoms with Crippen LogP contribution >= 0.6 is 23.1 Å². The summed E-state index contributed by atoms with van der Waals surface area (Å²) in [6.45, 7) is 2.59. The van der Waals surface area contributed by atoms with E-state index >= 15 is 0 Å². The SMILES string of the molecule is CCCc1cc2c(=O)n(CCCSc3nc(-c4cc(OC)c(OC)c(OC)c4)c(C#N)c(=O)[nH]3)cnc2s1. The normalized spacial score (nSPS) is 10.9. The van der Waals surface area contributed by atoms with Gasteiger partial charge in [-0.2, -0.15) is 5.26 Å². The molecule has 0 aliphatic rings. The second-order valence-corrected chi connectivity index (χ2v) is 10.4. The highest BCUT2D eigenvalue weighted by molar-refractivity contribution is 7.99. The Hall–Kier alpha value is -3.82. The third kappa shape index (κ3) is 5.54. The molecule has 0 unspecified atom stereocenters. The van der Waals surface area contributed by atoms with E-state index in [1.807, 2.05) is 12.1 Å². The average Bonchev–Trinajstić information content (AvgIpc) is 3.34. The van der Waals surface area contributed by atoms with Crippen molar-refractivity contribution in [3.05, 3.63) is 55.7 Å². The maximum absolute atomic E-state index is 12.9. The lowest BCUT2D eigenvalue weighted by Gasteiger charge is -2.14. The summed E-state index contributed by atoms with van der Waals surface area (Å²) >= 11 is 2.90. The first kappa shape index (κ1) is 27.2. The first-order valence-electron chi connectivity index (χ1n) is 11.9. The van der Waals surface area contributed by atoms with Gasteiger partial charge in [0.15, 0.2) is 16.7 Å². The Balaban J connectivity index is 1.54. The number of aromatic nitrogens is 4. The zero-order valence-electron chi connectivity index (χ0n) is 21.5. The minimum atomic E-state index is -0.542. The molecule has 38 heavy (non-hydrogen) atoms. The quantitative estimate of drug-likeness (QED) is 0.164. The van der Waals surface area contributed by atoms with Crippen molar-refractivity contribution in [3.8, 4) is 34.6 Å². The van der Waals surface area contributed by atoms with Gasteiger partial charge in [0.25, 0.3) is 11.1 Å². The van der Waals surface area contributed by atoms with Crippen LogP contribution in [0.25, 0.3) is 21.5 Å². The molecule has 10 nitrogen and oxygen atoms in total. The molecule has 4 rings (SSSR count). The van der Waals surface area contributed by atoms with Crippen molar-refractivity contribution in [2.75, 3.05) is 27.1 Å². The van der Waals surface area contributed by atoms with Gasteiger partial charge in [-0.05, 0) is 31.0 Å². The Kier molecular flexibility index (Phi) is 8.70. The van der Waals surface area contributed by atoms with Crippen molar-refractivity contribution < 1.29 is 14.2 Å². The average molecular weight is 554 g/mol. The molecule has 1 aromatic carbocycles. The number of aromatic amines is 1. The van der Waals surface area contributed by atoms with E-state index in [1.165, 1.54) is 38.0 Å². The highest BCUT2D eigenvalue weighted by Gasteiger charge is 2.19. The van der Waals surface area contributed by atoms with Gasteiger partial charge in [-0.25, -0.2) is 9.97 Å². The molecule has 0 aliphatic carbocycles. The number of thiophene rings is 1. The van der Waals surface area contributed by atoms with Gasteiger partial charge >= 0.3 is 0 Å². The number of ether oxygens (including phenoxy) is 3. The van der Waals surface area contributed by atoms with E-state index in [9.17, 15) is 14.9 Å². The van der Waals surface area contributed by atoms with Gasteiger partial charge in [0, 0.05) is 22.7 Å². The fourth-order valence-corrected chi connectivity index (χ4v) is 5.87. The van der Waals surface area contributed by atoms with Crippen molar-refractivity contribution in [2.45, 2.75) is 37.9 Å². The number of nitrogens with zero attached hydrogens (tertiary/aromatic N) is 4. The lowest BCUT2D eigenvalue weighted by atomic mass is 10.1. The Bertz CT molecular complexity index is 1590. The molecule has 12 heteroatoms. The molecule has 0 spiro atoms. The second-order valence-electron chi connectivity index (χ2n) is 8.25. The second kappa shape index (κ2) is 12.1. The van der Waals surface area contributed by atoms with Crippen LogP contribution in [0.2, 0.25) is 0 Å². The molecule has 0 radical (unpaired) electrons. The zero-order valence-corrected chi connectivity index (χ0v) is 23.1. The summed E-state index contributed by atoms with van der Waals surface area (Å²) in [5, 5.41) is 10.7. The molecule has 0 saturated carbocycles. The van der Waals surface area contributed by atoms with E-state index in [2.05, 4.69) is 21.9 Å². The first-order valence-corrected chi connectivity index (χ1v) is 13.7. The minimum absolute atomic E-state index is 0.0480. The monoisotopic (exact) mass is 553 g/mol. The fourth-order valence-electron chi connectivity index (χ4n) is 3.99. The van der Waals surface area contributed by atoms with Crippen LogP contribution in [0.5, 0.6) is 17.2 Å². The number of rotatable bonds is 11. The molecular formula is C26H27N5O5S2. The van der Waals surface area contributed by atoms with Crippen LogP contribution in [-0.2, 0) is 13.0 Å².